The quantitative estimate of drug-likeness (QED) is 0.804. The summed E-state index contributed by atoms with van der Waals surface area (Å²) in [7, 11) is 0. The van der Waals surface area contributed by atoms with Crippen molar-refractivity contribution in [2.24, 2.45) is 5.92 Å². The van der Waals surface area contributed by atoms with E-state index in [0.717, 1.165) is 18.8 Å². The Morgan fingerprint density at radius 3 is 2.94 bits per heavy atom. The van der Waals surface area contributed by atoms with E-state index in [2.05, 4.69) is 21.2 Å². The monoisotopic (exact) mass is 221 g/mol. The van der Waals surface area contributed by atoms with Gasteiger partial charge < -0.3 is 10.0 Å². The van der Waals surface area contributed by atoms with Gasteiger partial charge in [0.2, 0.25) is 0 Å². The molecule has 1 aliphatic heterocycles. The second kappa shape index (κ2) is 3.50. The van der Waals surface area contributed by atoms with Crippen LogP contribution < -0.4 is 4.90 Å². The van der Waals surface area contributed by atoms with Crippen molar-refractivity contribution >= 4 is 11.8 Å². The van der Waals surface area contributed by atoms with Crippen LogP contribution in [0.2, 0.25) is 0 Å². The van der Waals surface area contributed by atoms with Crippen LogP contribution in [-0.4, -0.2) is 34.4 Å². The van der Waals surface area contributed by atoms with Gasteiger partial charge >= 0.3 is 5.97 Å². The first-order valence-electron chi connectivity index (χ1n) is 5.77. The van der Waals surface area contributed by atoms with Gasteiger partial charge in [-0.3, -0.25) is 9.89 Å². The summed E-state index contributed by atoms with van der Waals surface area (Å²) in [5, 5.41) is 16.2. The lowest BCUT2D eigenvalue weighted by Crippen LogP contribution is -2.22. The molecule has 5 nitrogen and oxygen atoms in total. The molecule has 5 heteroatoms. The molecule has 3 rings (SSSR count). The van der Waals surface area contributed by atoms with Crippen LogP contribution in [-0.2, 0) is 4.79 Å². The Kier molecular flexibility index (Phi) is 2.12. The molecular formula is C11H15N3O2. The van der Waals surface area contributed by atoms with Crippen LogP contribution in [0.3, 0.4) is 0 Å². The highest BCUT2D eigenvalue weighted by Crippen LogP contribution is 2.40. The van der Waals surface area contributed by atoms with Gasteiger partial charge in [-0.2, -0.15) is 5.10 Å². The fourth-order valence-corrected chi connectivity index (χ4v) is 2.26. The maximum Gasteiger partial charge on any atom is 0.308 e. The van der Waals surface area contributed by atoms with Crippen molar-refractivity contribution in [3.05, 3.63) is 11.8 Å². The number of carbonyl (C=O) groups is 1. The molecule has 2 heterocycles. The molecule has 2 fully saturated rings. The molecule has 0 amide bonds. The number of aromatic amines is 1. The van der Waals surface area contributed by atoms with E-state index in [1.54, 1.807) is 0 Å². The Morgan fingerprint density at radius 2 is 2.31 bits per heavy atom. The minimum Gasteiger partial charge on any atom is -0.481 e. The van der Waals surface area contributed by atoms with Gasteiger partial charge in [-0.05, 0) is 19.3 Å². The average molecular weight is 221 g/mol. The van der Waals surface area contributed by atoms with Crippen LogP contribution in [0.25, 0.3) is 0 Å². The third-order valence-electron chi connectivity index (χ3n) is 3.46. The van der Waals surface area contributed by atoms with Crippen molar-refractivity contribution in [2.75, 3.05) is 18.0 Å². The zero-order valence-electron chi connectivity index (χ0n) is 9.02. The van der Waals surface area contributed by atoms with Gasteiger partial charge in [0.1, 0.15) is 0 Å². The van der Waals surface area contributed by atoms with Crippen molar-refractivity contribution in [1.29, 1.82) is 0 Å². The summed E-state index contributed by atoms with van der Waals surface area (Å²) in [6.07, 6.45) is 3.22. The molecule has 1 aliphatic carbocycles. The standard InChI is InChI=1S/C11H15N3O2/c15-11(16)8-3-4-14(6-8)10-5-9(12-13-10)7-1-2-7/h5,7-8H,1-4,6H2,(H,12,13)(H,15,16). The predicted molar refractivity (Wildman–Crippen MR) is 58.5 cm³/mol. The molecule has 2 aliphatic rings. The molecule has 1 saturated heterocycles. The zero-order valence-corrected chi connectivity index (χ0v) is 9.02. The molecule has 1 atom stereocenters. The lowest BCUT2D eigenvalue weighted by atomic mass is 10.1. The van der Waals surface area contributed by atoms with Crippen molar-refractivity contribution in [3.8, 4) is 0 Å². The van der Waals surface area contributed by atoms with E-state index in [0.29, 0.717) is 12.5 Å². The Hall–Kier alpha value is -1.52. The number of aromatic nitrogens is 2. The molecule has 0 radical (unpaired) electrons. The summed E-state index contributed by atoms with van der Waals surface area (Å²) in [6, 6.07) is 2.07. The highest BCUT2D eigenvalue weighted by atomic mass is 16.4. The Bertz CT molecular complexity index is 411. The first-order chi connectivity index (χ1) is 7.74. The molecule has 16 heavy (non-hydrogen) atoms. The molecular weight excluding hydrogens is 206 g/mol. The summed E-state index contributed by atoms with van der Waals surface area (Å²) in [5.74, 6) is 0.645. The molecule has 86 valence electrons. The van der Waals surface area contributed by atoms with Gasteiger partial charge in [0.25, 0.3) is 0 Å². The highest BCUT2D eigenvalue weighted by Gasteiger charge is 2.31. The number of hydrogen-bond donors (Lipinski definition) is 2. The van der Waals surface area contributed by atoms with Gasteiger partial charge in [-0.25, -0.2) is 0 Å². The fraction of sp³-hybridized carbons (Fsp3) is 0.636. The van der Waals surface area contributed by atoms with Crippen molar-refractivity contribution in [1.82, 2.24) is 10.2 Å². The summed E-state index contributed by atoms with van der Waals surface area (Å²) >= 11 is 0. The second-order valence-corrected chi connectivity index (χ2v) is 4.73. The van der Waals surface area contributed by atoms with Crippen molar-refractivity contribution < 1.29 is 9.90 Å². The molecule has 1 saturated carbocycles. The number of nitrogens with zero attached hydrogens (tertiary/aromatic N) is 2. The smallest absolute Gasteiger partial charge is 0.308 e. The van der Waals surface area contributed by atoms with Crippen LogP contribution in [0.1, 0.15) is 30.9 Å². The number of carboxylic acids is 1. The third-order valence-corrected chi connectivity index (χ3v) is 3.46. The fourth-order valence-electron chi connectivity index (χ4n) is 2.26. The minimum atomic E-state index is -0.694. The van der Waals surface area contributed by atoms with E-state index in [1.165, 1.54) is 18.5 Å². The van der Waals surface area contributed by atoms with Crippen LogP contribution in [0.4, 0.5) is 5.82 Å². The number of H-pyrrole nitrogens is 1. The molecule has 1 aromatic heterocycles. The van der Waals surface area contributed by atoms with E-state index in [9.17, 15) is 4.79 Å². The molecule has 0 aromatic carbocycles. The van der Waals surface area contributed by atoms with Gasteiger partial charge in [0.15, 0.2) is 5.82 Å². The topological polar surface area (TPSA) is 69.2 Å². The van der Waals surface area contributed by atoms with Crippen LogP contribution in [0.5, 0.6) is 0 Å². The Labute approximate surface area is 93.5 Å². The largest absolute Gasteiger partial charge is 0.481 e. The first kappa shape index (κ1) is 9.69. The molecule has 0 spiro atoms. The number of rotatable bonds is 3. The Balaban J connectivity index is 1.70. The minimum absolute atomic E-state index is 0.235. The van der Waals surface area contributed by atoms with Crippen molar-refractivity contribution in [2.45, 2.75) is 25.2 Å². The van der Waals surface area contributed by atoms with Gasteiger partial charge in [0.05, 0.1) is 5.92 Å². The SMILES string of the molecule is O=C(O)C1CCN(c2cc(C3CC3)[nH]n2)C1. The number of nitrogens with one attached hydrogen (secondary N) is 1. The average Bonchev–Trinajstić information content (AvgIpc) is 2.83. The van der Waals surface area contributed by atoms with E-state index < -0.39 is 5.97 Å². The van der Waals surface area contributed by atoms with Gasteiger partial charge in [0, 0.05) is 30.8 Å². The van der Waals surface area contributed by atoms with Gasteiger partial charge in [-0.1, -0.05) is 0 Å². The zero-order chi connectivity index (χ0) is 11.1. The summed E-state index contributed by atoms with van der Waals surface area (Å²) in [4.78, 5) is 12.9. The number of anilines is 1. The predicted octanol–water partition coefficient (Wildman–Crippen LogP) is 1.20. The molecule has 1 aromatic rings. The lowest BCUT2D eigenvalue weighted by molar-refractivity contribution is -0.140. The second-order valence-electron chi connectivity index (χ2n) is 4.73. The van der Waals surface area contributed by atoms with Crippen LogP contribution >= 0.6 is 0 Å². The number of hydrogen-bond acceptors (Lipinski definition) is 3. The van der Waals surface area contributed by atoms with E-state index >= 15 is 0 Å². The summed E-state index contributed by atoms with van der Waals surface area (Å²) in [6.45, 7) is 1.39. The van der Waals surface area contributed by atoms with Gasteiger partial charge in [-0.15, -0.1) is 0 Å². The highest BCUT2D eigenvalue weighted by molar-refractivity contribution is 5.71. The van der Waals surface area contributed by atoms with Crippen molar-refractivity contribution in [3.63, 3.8) is 0 Å². The number of aliphatic carboxylic acids is 1. The Morgan fingerprint density at radius 1 is 1.50 bits per heavy atom. The first-order valence-corrected chi connectivity index (χ1v) is 5.77. The lowest BCUT2D eigenvalue weighted by Gasteiger charge is -2.13. The maximum atomic E-state index is 10.8. The molecule has 2 N–H and O–H groups in total. The maximum absolute atomic E-state index is 10.8. The third kappa shape index (κ3) is 1.66. The normalized spacial score (nSPS) is 25.0. The van der Waals surface area contributed by atoms with E-state index in [-0.39, 0.29) is 5.92 Å². The van der Waals surface area contributed by atoms with Crippen LogP contribution in [0, 0.1) is 5.92 Å². The summed E-state index contributed by atoms with van der Waals surface area (Å²) in [5.41, 5.74) is 1.20. The summed E-state index contributed by atoms with van der Waals surface area (Å²) < 4.78 is 0. The van der Waals surface area contributed by atoms with E-state index in [1.807, 2.05) is 0 Å². The molecule has 0 bridgehead atoms. The van der Waals surface area contributed by atoms with Crippen LogP contribution in [0.15, 0.2) is 6.07 Å². The molecule has 1 unspecified atom stereocenters. The number of carboxylic acid groups (broad SMARTS) is 1. The van der Waals surface area contributed by atoms with E-state index in [4.69, 9.17) is 5.11 Å².